The summed E-state index contributed by atoms with van der Waals surface area (Å²) in [6, 6.07) is 3.78. The molecule has 3 N–H and O–H groups in total. The van der Waals surface area contributed by atoms with Crippen molar-refractivity contribution in [2.75, 3.05) is 18.0 Å². The van der Waals surface area contributed by atoms with Crippen LogP contribution in [0.25, 0.3) is 0 Å². The molecule has 1 aromatic heterocycles. The number of piperidine rings is 1. The molecule has 17 heavy (non-hydrogen) atoms. The summed E-state index contributed by atoms with van der Waals surface area (Å²) >= 11 is 4.99. The van der Waals surface area contributed by atoms with Crippen LogP contribution in [0.2, 0.25) is 0 Å². The summed E-state index contributed by atoms with van der Waals surface area (Å²) in [7, 11) is 0. The second-order valence-corrected chi connectivity index (χ2v) is 4.90. The summed E-state index contributed by atoms with van der Waals surface area (Å²) < 4.78 is 0. The molecule has 1 saturated heterocycles. The molecule has 0 aromatic carbocycles. The van der Waals surface area contributed by atoms with Crippen LogP contribution < -0.4 is 10.6 Å². The number of thiocarbonyl (C=S) groups is 1. The summed E-state index contributed by atoms with van der Waals surface area (Å²) in [5.41, 5.74) is 7.37. The van der Waals surface area contributed by atoms with E-state index in [2.05, 4.69) is 9.88 Å². The normalized spacial score (nSPS) is 20.4. The van der Waals surface area contributed by atoms with E-state index in [-0.39, 0.29) is 6.10 Å². The maximum absolute atomic E-state index is 9.67. The van der Waals surface area contributed by atoms with Crippen LogP contribution in [0.15, 0.2) is 12.1 Å². The van der Waals surface area contributed by atoms with Gasteiger partial charge in [-0.15, -0.1) is 0 Å². The number of nitrogens with two attached hydrogens (primary N) is 1. The van der Waals surface area contributed by atoms with Gasteiger partial charge in [-0.3, -0.25) is 0 Å². The van der Waals surface area contributed by atoms with Crippen molar-refractivity contribution in [3.63, 3.8) is 0 Å². The Balaban J connectivity index is 2.28. The molecule has 0 radical (unpaired) electrons. The lowest BCUT2D eigenvalue weighted by molar-refractivity contribution is 0.154. The highest BCUT2D eigenvalue weighted by Crippen LogP contribution is 2.20. The van der Waals surface area contributed by atoms with Gasteiger partial charge in [0.15, 0.2) is 0 Å². The summed E-state index contributed by atoms with van der Waals surface area (Å²) in [6.45, 7) is 3.48. The largest absolute Gasteiger partial charge is 0.391 e. The van der Waals surface area contributed by atoms with Crippen molar-refractivity contribution in [2.45, 2.75) is 25.9 Å². The number of rotatable bonds is 2. The quantitative estimate of drug-likeness (QED) is 0.767. The number of nitrogens with zero attached hydrogens (tertiary/aromatic N) is 2. The smallest absolute Gasteiger partial charge is 0.129 e. The van der Waals surface area contributed by atoms with Crippen molar-refractivity contribution in [1.82, 2.24) is 4.98 Å². The Morgan fingerprint density at radius 3 is 3.00 bits per heavy atom. The summed E-state index contributed by atoms with van der Waals surface area (Å²) in [5.74, 6) is 0.853. The molecule has 0 aliphatic carbocycles. The molecular formula is C12H17N3OS. The Kier molecular flexibility index (Phi) is 3.59. The van der Waals surface area contributed by atoms with Crippen LogP contribution in [0.5, 0.6) is 0 Å². The van der Waals surface area contributed by atoms with E-state index in [4.69, 9.17) is 18.0 Å². The molecular weight excluding hydrogens is 234 g/mol. The number of aliphatic hydroxyl groups excluding tert-OH is 1. The second-order valence-electron chi connectivity index (χ2n) is 4.46. The predicted octanol–water partition coefficient (Wildman–Crippen LogP) is 0.985. The van der Waals surface area contributed by atoms with Crippen LogP contribution in [0.4, 0.5) is 5.82 Å². The number of hydrogen-bond donors (Lipinski definition) is 2. The van der Waals surface area contributed by atoms with E-state index in [1.54, 1.807) is 0 Å². The molecule has 1 aliphatic heterocycles. The van der Waals surface area contributed by atoms with Gasteiger partial charge in [0.25, 0.3) is 0 Å². The average molecular weight is 251 g/mol. The molecule has 2 rings (SSSR count). The zero-order valence-corrected chi connectivity index (χ0v) is 10.7. The van der Waals surface area contributed by atoms with E-state index >= 15 is 0 Å². The number of hydrogen-bond acceptors (Lipinski definition) is 4. The molecule has 1 aliphatic rings. The van der Waals surface area contributed by atoms with E-state index in [0.29, 0.717) is 11.5 Å². The number of anilines is 1. The lowest BCUT2D eigenvalue weighted by Gasteiger charge is -2.31. The van der Waals surface area contributed by atoms with Gasteiger partial charge in [-0.05, 0) is 31.9 Å². The Morgan fingerprint density at radius 2 is 2.35 bits per heavy atom. The average Bonchev–Trinajstić information content (AvgIpc) is 2.28. The maximum Gasteiger partial charge on any atom is 0.129 e. The summed E-state index contributed by atoms with van der Waals surface area (Å²) in [4.78, 5) is 6.94. The molecule has 1 aromatic rings. The molecule has 92 valence electrons. The van der Waals surface area contributed by atoms with Crippen LogP contribution >= 0.6 is 12.2 Å². The second kappa shape index (κ2) is 4.98. The van der Waals surface area contributed by atoms with Gasteiger partial charge >= 0.3 is 0 Å². The first kappa shape index (κ1) is 12.3. The van der Waals surface area contributed by atoms with Crippen molar-refractivity contribution in [3.8, 4) is 0 Å². The Bertz CT molecular complexity index is 436. The zero-order chi connectivity index (χ0) is 12.4. The zero-order valence-electron chi connectivity index (χ0n) is 9.89. The summed E-state index contributed by atoms with van der Waals surface area (Å²) in [5, 5.41) is 9.67. The lowest BCUT2D eigenvalue weighted by atomic mass is 10.1. The van der Waals surface area contributed by atoms with Crippen LogP contribution in [-0.4, -0.2) is 34.3 Å². The van der Waals surface area contributed by atoms with Gasteiger partial charge in [-0.1, -0.05) is 12.2 Å². The Labute approximate surface area is 106 Å². The third kappa shape index (κ3) is 2.92. The Hall–Kier alpha value is -1.20. The van der Waals surface area contributed by atoms with Gasteiger partial charge < -0.3 is 15.7 Å². The fraction of sp³-hybridized carbons (Fsp3) is 0.500. The number of aliphatic hydroxyl groups is 1. The minimum Gasteiger partial charge on any atom is -0.391 e. The van der Waals surface area contributed by atoms with E-state index in [1.165, 1.54) is 0 Å². The predicted molar refractivity (Wildman–Crippen MR) is 72.3 cm³/mol. The van der Waals surface area contributed by atoms with Gasteiger partial charge in [0.05, 0.1) is 6.10 Å². The molecule has 1 unspecified atom stereocenters. The maximum atomic E-state index is 9.67. The monoisotopic (exact) mass is 251 g/mol. The Morgan fingerprint density at radius 1 is 1.59 bits per heavy atom. The molecule has 0 bridgehead atoms. The molecule has 5 heteroatoms. The topological polar surface area (TPSA) is 62.4 Å². The van der Waals surface area contributed by atoms with Crippen molar-refractivity contribution in [3.05, 3.63) is 23.4 Å². The van der Waals surface area contributed by atoms with Gasteiger partial charge in [0, 0.05) is 24.3 Å². The molecule has 0 spiro atoms. The first-order valence-electron chi connectivity index (χ1n) is 5.78. The molecule has 0 saturated carbocycles. The third-order valence-electron chi connectivity index (χ3n) is 2.94. The highest BCUT2D eigenvalue weighted by molar-refractivity contribution is 7.80. The molecule has 1 fully saturated rings. The first-order chi connectivity index (χ1) is 8.06. The van der Waals surface area contributed by atoms with E-state index in [9.17, 15) is 5.11 Å². The van der Waals surface area contributed by atoms with Crippen LogP contribution in [0.3, 0.4) is 0 Å². The van der Waals surface area contributed by atoms with Crippen molar-refractivity contribution in [2.24, 2.45) is 5.73 Å². The van der Waals surface area contributed by atoms with Gasteiger partial charge in [-0.2, -0.15) is 0 Å². The molecule has 4 nitrogen and oxygen atoms in total. The fourth-order valence-electron chi connectivity index (χ4n) is 2.12. The molecule has 1 atom stereocenters. The molecule has 0 amide bonds. The highest BCUT2D eigenvalue weighted by Gasteiger charge is 2.19. The van der Waals surface area contributed by atoms with Crippen LogP contribution in [0, 0.1) is 6.92 Å². The fourth-order valence-corrected chi connectivity index (χ4v) is 2.24. The standard InChI is InChI=1S/C12H17N3OS/c1-8-5-9(12(13)17)6-11(14-8)15-4-2-3-10(16)7-15/h5-6,10,16H,2-4,7H2,1H3,(H2,13,17). The number of pyridine rings is 1. The third-order valence-corrected chi connectivity index (χ3v) is 3.18. The lowest BCUT2D eigenvalue weighted by Crippen LogP contribution is -2.38. The highest BCUT2D eigenvalue weighted by atomic mass is 32.1. The first-order valence-corrected chi connectivity index (χ1v) is 6.18. The number of β-amino-alcohol motifs (C(OH)–C–C–N with tert-alkyl or cyclic N) is 1. The van der Waals surface area contributed by atoms with E-state index in [0.717, 1.165) is 36.5 Å². The van der Waals surface area contributed by atoms with Crippen LogP contribution in [0.1, 0.15) is 24.1 Å². The number of aromatic nitrogens is 1. The van der Waals surface area contributed by atoms with Crippen molar-refractivity contribution >= 4 is 23.0 Å². The van der Waals surface area contributed by atoms with Gasteiger partial charge in [0.1, 0.15) is 10.8 Å². The summed E-state index contributed by atoms with van der Waals surface area (Å²) in [6.07, 6.45) is 1.59. The van der Waals surface area contributed by atoms with Crippen molar-refractivity contribution in [1.29, 1.82) is 0 Å². The van der Waals surface area contributed by atoms with E-state index < -0.39 is 0 Å². The SMILES string of the molecule is Cc1cc(C(N)=S)cc(N2CCCC(O)C2)n1. The minimum absolute atomic E-state index is 0.264. The van der Waals surface area contributed by atoms with Crippen molar-refractivity contribution < 1.29 is 5.11 Å². The minimum atomic E-state index is -0.264. The van der Waals surface area contributed by atoms with Crippen LogP contribution in [-0.2, 0) is 0 Å². The van der Waals surface area contributed by atoms with Gasteiger partial charge in [-0.25, -0.2) is 4.98 Å². The molecule has 2 heterocycles. The van der Waals surface area contributed by atoms with Gasteiger partial charge in [0.2, 0.25) is 0 Å². The number of aryl methyl sites for hydroxylation is 1. The van der Waals surface area contributed by atoms with E-state index in [1.807, 2.05) is 19.1 Å².